The molecule has 0 saturated heterocycles. The number of halogens is 4. The van der Waals surface area contributed by atoms with E-state index >= 15 is 0 Å². The first-order valence-corrected chi connectivity index (χ1v) is 8.23. The lowest BCUT2D eigenvalue weighted by Gasteiger charge is -2.22. The highest BCUT2D eigenvalue weighted by Gasteiger charge is 2.31. The van der Waals surface area contributed by atoms with E-state index in [4.69, 9.17) is 11.6 Å². The lowest BCUT2D eigenvalue weighted by atomic mass is 10.2. The smallest absolute Gasteiger partial charge is 0.238 e. The van der Waals surface area contributed by atoms with Crippen molar-refractivity contribution in [3.63, 3.8) is 0 Å². The second-order valence-electron chi connectivity index (χ2n) is 6.01. The number of benzene rings is 2. The molecule has 1 amide bonds. The first kappa shape index (κ1) is 17.8. The standard InChI is InChI=1S/C18H16ClF3N2O/c19-14-2-1-3-15(21)13(14)9-24(12-5-6-12)10-18(25)23-17-8-11(20)4-7-16(17)22/h1-4,7-8,12H,5-6,9-10H2,(H,23,25). The van der Waals surface area contributed by atoms with Crippen LogP contribution in [0.1, 0.15) is 18.4 Å². The maximum atomic E-state index is 14.0. The summed E-state index contributed by atoms with van der Waals surface area (Å²) in [5, 5.41) is 2.65. The van der Waals surface area contributed by atoms with Gasteiger partial charge in [0.1, 0.15) is 17.5 Å². The maximum absolute atomic E-state index is 14.0. The van der Waals surface area contributed by atoms with Crippen molar-refractivity contribution in [2.75, 3.05) is 11.9 Å². The number of nitrogens with zero attached hydrogens (tertiary/aromatic N) is 1. The van der Waals surface area contributed by atoms with Crippen molar-refractivity contribution in [2.45, 2.75) is 25.4 Å². The van der Waals surface area contributed by atoms with E-state index in [1.807, 2.05) is 0 Å². The number of carbonyl (C=O) groups excluding carboxylic acids is 1. The topological polar surface area (TPSA) is 32.3 Å². The minimum Gasteiger partial charge on any atom is -0.322 e. The van der Waals surface area contributed by atoms with Crippen LogP contribution in [0.2, 0.25) is 5.02 Å². The third-order valence-electron chi connectivity index (χ3n) is 4.04. The molecular formula is C18H16ClF3N2O. The highest BCUT2D eigenvalue weighted by molar-refractivity contribution is 6.31. The first-order chi connectivity index (χ1) is 11.9. The average molecular weight is 369 g/mol. The zero-order valence-corrected chi connectivity index (χ0v) is 14.0. The number of nitrogens with one attached hydrogen (secondary N) is 1. The van der Waals surface area contributed by atoms with Crippen LogP contribution in [0.4, 0.5) is 18.9 Å². The van der Waals surface area contributed by atoms with Gasteiger partial charge in [0.25, 0.3) is 0 Å². The number of amides is 1. The molecule has 0 bridgehead atoms. The molecule has 3 nitrogen and oxygen atoms in total. The summed E-state index contributed by atoms with van der Waals surface area (Å²) >= 11 is 6.04. The summed E-state index contributed by atoms with van der Waals surface area (Å²) in [6, 6.07) is 7.41. The predicted molar refractivity (Wildman–Crippen MR) is 89.8 cm³/mol. The highest BCUT2D eigenvalue weighted by Crippen LogP contribution is 2.30. The molecule has 25 heavy (non-hydrogen) atoms. The summed E-state index contributed by atoms with van der Waals surface area (Å²) in [5.74, 6) is -2.29. The minimum absolute atomic E-state index is 0.0642. The van der Waals surface area contributed by atoms with Crippen molar-refractivity contribution in [2.24, 2.45) is 0 Å². The Labute approximate surface area is 148 Å². The molecule has 0 aromatic heterocycles. The first-order valence-electron chi connectivity index (χ1n) is 7.86. The Morgan fingerprint density at radius 1 is 1.16 bits per heavy atom. The molecule has 1 aliphatic carbocycles. The van der Waals surface area contributed by atoms with Gasteiger partial charge in [-0.15, -0.1) is 0 Å². The van der Waals surface area contributed by atoms with Gasteiger partial charge in [-0.25, -0.2) is 13.2 Å². The molecule has 0 aliphatic heterocycles. The number of anilines is 1. The van der Waals surface area contributed by atoms with Gasteiger partial charge in [0, 0.05) is 29.2 Å². The molecule has 1 saturated carbocycles. The number of hydrogen-bond acceptors (Lipinski definition) is 2. The molecular weight excluding hydrogens is 353 g/mol. The van der Waals surface area contributed by atoms with Crippen molar-refractivity contribution in [3.05, 3.63) is 64.4 Å². The summed E-state index contributed by atoms with van der Waals surface area (Å²) in [6.07, 6.45) is 1.79. The van der Waals surface area contributed by atoms with Crippen molar-refractivity contribution in [1.82, 2.24) is 4.90 Å². The molecule has 0 radical (unpaired) electrons. The van der Waals surface area contributed by atoms with E-state index in [0.29, 0.717) is 10.6 Å². The Bertz CT molecular complexity index is 776. The van der Waals surface area contributed by atoms with E-state index in [0.717, 1.165) is 31.0 Å². The van der Waals surface area contributed by atoms with E-state index in [-0.39, 0.29) is 24.8 Å². The molecule has 1 aliphatic rings. The molecule has 1 N–H and O–H groups in total. The van der Waals surface area contributed by atoms with E-state index in [2.05, 4.69) is 5.32 Å². The molecule has 7 heteroatoms. The number of rotatable bonds is 6. The molecule has 0 heterocycles. The molecule has 0 unspecified atom stereocenters. The number of carbonyl (C=O) groups is 1. The largest absolute Gasteiger partial charge is 0.322 e. The van der Waals surface area contributed by atoms with Crippen molar-refractivity contribution in [1.29, 1.82) is 0 Å². The third-order valence-corrected chi connectivity index (χ3v) is 4.39. The lowest BCUT2D eigenvalue weighted by Crippen LogP contribution is -2.35. The normalized spacial score (nSPS) is 14.0. The van der Waals surface area contributed by atoms with E-state index < -0.39 is 23.4 Å². The Hall–Kier alpha value is -2.05. The highest BCUT2D eigenvalue weighted by atomic mass is 35.5. The van der Waals surface area contributed by atoms with Gasteiger partial charge in [-0.2, -0.15) is 0 Å². The predicted octanol–water partition coefficient (Wildman–Crippen LogP) is 4.36. The SMILES string of the molecule is O=C(CN(Cc1c(F)cccc1Cl)C1CC1)Nc1cc(F)ccc1F. The maximum Gasteiger partial charge on any atom is 0.238 e. The van der Waals surface area contributed by atoms with Crippen LogP contribution in [0.15, 0.2) is 36.4 Å². The second-order valence-corrected chi connectivity index (χ2v) is 6.42. The van der Waals surface area contributed by atoms with Gasteiger partial charge in [0.2, 0.25) is 5.91 Å². The van der Waals surface area contributed by atoms with E-state index in [9.17, 15) is 18.0 Å². The second kappa shape index (κ2) is 7.45. The Morgan fingerprint density at radius 2 is 1.92 bits per heavy atom. The molecule has 3 rings (SSSR count). The van der Waals surface area contributed by atoms with Gasteiger partial charge in [-0.1, -0.05) is 17.7 Å². The van der Waals surface area contributed by atoms with Crippen LogP contribution in [0.25, 0.3) is 0 Å². The summed E-state index contributed by atoms with van der Waals surface area (Å²) in [5.41, 5.74) is 0.102. The fourth-order valence-corrected chi connectivity index (χ4v) is 2.83. The van der Waals surface area contributed by atoms with Crippen LogP contribution in [0.5, 0.6) is 0 Å². The van der Waals surface area contributed by atoms with E-state index in [1.165, 1.54) is 12.1 Å². The summed E-state index contributed by atoms with van der Waals surface area (Å²) in [6.45, 7) is 0.112. The van der Waals surface area contributed by atoms with Gasteiger partial charge >= 0.3 is 0 Å². The Kier molecular flexibility index (Phi) is 5.30. The summed E-state index contributed by atoms with van der Waals surface area (Å²) in [7, 11) is 0. The van der Waals surface area contributed by atoms with Crippen LogP contribution < -0.4 is 5.32 Å². The van der Waals surface area contributed by atoms with Gasteiger partial charge in [0.15, 0.2) is 0 Å². The fraction of sp³-hybridized carbons (Fsp3) is 0.278. The van der Waals surface area contributed by atoms with Gasteiger partial charge in [-0.05, 0) is 37.1 Å². The van der Waals surface area contributed by atoms with Crippen LogP contribution in [-0.4, -0.2) is 23.4 Å². The van der Waals surface area contributed by atoms with Crippen LogP contribution in [0.3, 0.4) is 0 Å². The van der Waals surface area contributed by atoms with Crippen molar-refractivity contribution in [3.8, 4) is 0 Å². The van der Waals surface area contributed by atoms with Crippen LogP contribution in [0, 0.1) is 17.5 Å². The zero-order chi connectivity index (χ0) is 18.0. The molecule has 0 spiro atoms. The number of hydrogen-bond donors (Lipinski definition) is 1. The minimum atomic E-state index is -0.718. The van der Waals surface area contributed by atoms with Crippen LogP contribution >= 0.6 is 11.6 Å². The monoisotopic (exact) mass is 368 g/mol. The molecule has 2 aromatic carbocycles. The zero-order valence-electron chi connectivity index (χ0n) is 13.2. The third kappa shape index (κ3) is 4.52. The van der Waals surface area contributed by atoms with Crippen LogP contribution in [-0.2, 0) is 11.3 Å². The Balaban J connectivity index is 1.70. The molecule has 1 fully saturated rings. The molecule has 0 atom stereocenters. The fourth-order valence-electron chi connectivity index (χ4n) is 2.61. The van der Waals surface area contributed by atoms with Gasteiger partial charge in [-0.3, -0.25) is 9.69 Å². The summed E-state index contributed by atoms with van der Waals surface area (Å²) in [4.78, 5) is 14.0. The van der Waals surface area contributed by atoms with E-state index in [1.54, 1.807) is 11.0 Å². The molecule has 132 valence electrons. The van der Waals surface area contributed by atoms with Crippen molar-refractivity contribution < 1.29 is 18.0 Å². The quantitative estimate of drug-likeness (QED) is 0.821. The average Bonchev–Trinajstić information content (AvgIpc) is 3.38. The lowest BCUT2D eigenvalue weighted by molar-refractivity contribution is -0.117. The molecule has 2 aromatic rings. The van der Waals surface area contributed by atoms with Gasteiger partial charge < -0.3 is 5.32 Å². The Morgan fingerprint density at radius 3 is 2.60 bits per heavy atom. The van der Waals surface area contributed by atoms with Gasteiger partial charge in [0.05, 0.1) is 12.2 Å². The summed E-state index contributed by atoms with van der Waals surface area (Å²) < 4.78 is 40.8. The van der Waals surface area contributed by atoms with Crippen molar-refractivity contribution >= 4 is 23.2 Å².